The summed E-state index contributed by atoms with van der Waals surface area (Å²) in [5, 5.41) is 30.7. The predicted molar refractivity (Wildman–Crippen MR) is 115 cm³/mol. The zero-order valence-corrected chi connectivity index (χ0v) is 18.8. The first-order chi connectivity index (χ1) is 15.1. The molecule has 1 heterocycles. The van der Waals surface area contributed by atoms with E-state index in [-0.39, 0.29) is 23.2 Å². The highest BCUT2D eigenvalue weighted by atomic mass is 35.5. The van der Waals surface area contributed by atoms with Crippen LogP contribution in [0.3, 0.4) is 0 Å². The molecule has 1 aliphatic heterocycles. The summed E-state index contributed by atoms with van der Waals surface area (Å²) in [6.45, 7) is 0. The van der Waals surface area contributed by atoms with Crippen LogP contribution < -0.4 is 9.47 Å². The van der Waals surface area contributed by atoms with Crippen LogP contribution >= 0.6 is 19.0 Å². The maximum atomic E-state index is 14.0. The number of methoxy groups -OCH3 is 1. The fraction of sp³-hybridized carbons (Fsp3) is 0.429. The predicted octanol–water partition coefficient (Wildman–Crippen LogP) is 2.53. The van der Waals surface area contributed by atoms with Crippen LogP contribution in [-0.2, 0) is 15.5 Å². The number of aliphatic hydroxyl groups excluding tert-OH is 3. The van der Waals surface area contributed by atoms with E-state index >= 15 is 0 Å². The van der Waals surface area contributed by atoms with Crippen molar-refractivity contribution in [2.75, 3.05) is 13.3 Å². The van der Waals surface area contributed by atoms with Crippen LogP contribution in [0.2, 0.25) is 5.02 Å². The monoisotopic (exact) mass is 490 g/mol. The number of hydrogen-bond donors (Lipinski definition) is 4. The normalized spacial score (nSPS) is 27.5. The van der Waals surface area contributed by atoms with Gasteiger partial charge >= 0.3 is 0 Å². The molecule has 1 unspecified atom stereocenters. The smallest absolute Gasteiger partial charge is 0.229 e. The van der Waals surface area contributed by atoms with Crippen LogP contribution in [0.25, 0.3) is 0 Å². The highest BCUT2D eigenvalue weighted by Gasteiger charge is 2.45. The molecule has 2 aromatic rings. The minimum atomic E-state index is -3.91. The van der Waals surface area contributed by atoms with Crippen molar-refractivity contribution < 1.29 is 43.4 Å². The van der Waals surface area contributed by atoms with Crippen molar-refractivity contribution in [2.45, 2.75) is 43.3 Å². The Hall–Kier alpha value is -1.71. The molecule has 1 saturated heterocycles. The van der Waals surface area contributed by atoms with Crippen molar-refractivity contribution in [1.29, 1.82) is 0 Å². The van der Waals surface area contributed by atoms with E-state index in [1.54, 1.807) is 24.3 Å². The molecule has 6 atom stereocenters. The Labute approximate surface area is 189 Å². The molecular formula is C21H25ClFO8P. The van der Waals surface area contributed by atoms with Gasteiger partial charge in [-0.25, -0.2) is 4.39 Å². The number of aliphatic hydroxyl groups is 3. The molecule has 0 radical (unpaired) electrons. The molecule has 32 heavy (non-hydrogen) atoms. The molecular weight excluding hydrogens is 466 g/mol. The van der Waals surface area contributed by atoms with Gasteiger partial charge < -0.3 is 34.4 Å². The second-order valence-corrected chi connectivity index (χ2v) is 10.4. The number of rotatable bonds is 8. The average molecular weight is 491 g/mol. The average Bonchev–Trinajstić information content (AvgIpc) is 2.76. The zero-order valence-electron chi connectivity index (χ0n) is 17.2. The number of benzene rings is 2. The lowest BCUT2D eigenvalue weighted by atomic mass is 9.97. The highest BCUT2D eigenvalue weighted by Crippen LogP contribution is 2.47. The van der Waals surface area contributed by atoms with E-state index in [9.17, 15) is 29.2 Å². The molecule has 0 aromatic heterocycles. The minimum absolute atomic E-state index is 0.0414. The largest absolute Gasteiger partial charge is 0.497 e. The quantitative estimate of drug-likeness (QED) is 0.416. The first kappa shape index (κ1) is 24.9. The molecule has 3 rings (SSSR count). The van der Waals surface area contributed by atoms with Crippen molar-refractivity contribution in [2.24, 2.45) is 0 Å². The van der Waals surface area contributed by atoms with Gasteiger partial charge in [-0.2, -0.15) is 0 Å². The Morgan fingerprint density at radius 1 is 1.06 bits per heavy atom. The SMILES string of the molecule is COc1ccc(O[C@H]2O[C@H](CCP(=O)(O)Cc3c(F)cccc3Cl)[C@@H](O)[C@H](O)[C@@H]2O)cc1. The van der Waals surface area contributed by atoms with Crippen LogP contribution in [0, 0.1) is 5.82 Å². The van der Waals surface area contributed by atoms with Crippen LogP contribution in [0.1, 0.15) is 12.0 Å². The van der Waals surface area contributed by atoms with Gasteiger partial charge in [0.2, 0.25) is 13.7 Å². The fourth-order valence-electron chi connectivity index (χ4n) is 3.38. The van der Waals surface area contributed by atoms with Crippen molar-refractivity contribution in [1.82, 2.24) is 0 Å². The van der Waals surface area contributed by atoms with Crippen LogP contribution in [0.4, 0.5) is 4.39 Å². The van der Waals surface area contributed by atoms with Gasteiger partial charge in [0.1, 0.15) is 35.6 Å². The van der Waals surface area contributed by atoms with Gasteiger partial charge in [0.25, 0.3) is 0 Å². The van der Waals surface area contributed by atoms with Crippen molar-refractivity contribution >= 4 is 19.0 Å². The molecule has 0 spiro atoms. The van der Waals surface area contributed by atoms with Gasteiger partial charge in [0.15, 0.2) is 0 Å². The first-order valence-corrected chi connectivity index (χ1v) is 12.3. The molecule has 11 heteroatoms. The van der Waals surface area contributed by atoms with Crippen LogP contribution in [-0.4, -0.2) is 64.2 Å². The first-order valence-electron chi connectivity index (χ1n) is 9.85. The molecule has 0 aliphatic carbocycles. The lowest BCUT2D eigenvalue weighted by Crippen LogP contribution is -2.59. The summed E-state index contributed by atoms with van der Waals surface area (Å²) in [7, 11) is -2.40. The highest BCUT2D eigenvalue weighted by molar-refractivity contribution is 7.57. The third-order valence-electron chi connectivity index (χ3n) is 5.21. The number of halogens is 2. The van der Waals surface area contributed by atoms with E-state index in [0.717, 1.165) is 6.07 Å². The van der Waals surface area contributed by atoms with Crippen LogP contribution in [0.5, 0.6) is 11.5 Å². The van der Waals surface area contributed by atoms with E-state index in [0.29, 0.717) is 11.5 Å². The molecule has 8 nitrogen and oxygen atoms in total. The van der Waals surface area contributed by atoms with Crippen molar-refractivity contribution in [3.8, 4) is 11.5 Å². The third-order valence-corrected chi connectivity index (χ3v) is 7.33. The van der Waals surface area contributed by atoms with E-state index in [1.165, 1.54) is 19.2 Å². The Morgan fingerprint density at radius 3 is 2.34 bits per heavy atom. The summed E-state index contributed by atoms with van der Waals surface area (Å²) in [6.07, 6.45) is -8.07. The number of hydrogen-bond acceptors (Lipinski definition) is 7. The maximum absolute atomic E-state index is 14.0. The molecule has 1 fully saturated rings. The third kappa shape index (κ3) is 5.99. The zero-order chi connectivity index (χ0) is 23.5. The molecule has 0 amide bonds. The Kier molecular flexibility index (Phi) is 8.16. The van der Waals surface area contributed by atoms with E-state index < -0.39 is 50.1 Å². The van der Waals surface area contributed by atoms with Gasteiger partial charge in [0, 0.05) is 16.7 Å². The molecule has 176 valence electrons. The summed E-state index contributed by atoms with van der Waals surface area (Å²) < 4.78 is 42.9. The van der Waals surface area contributed by atoms with Crippen molar-refractivity contribution in [3.05, 3.63) is 58.9 Å². The summed E-state index contributed by atoms with van der Waals surface area (Å²) in [5.41, 5.74) is -0.0683. The standard InChI is InChI=1S/C21H25ClFO8P/c1-29-12-5-7-13(8-6-12)30-21-20(26)19(25)18(24)17(31-21)9-10-32(27,28)11-14-15(22)3-2-4-16(14)23/h2-8,17-21,24-26H,9-11H2,1H3,(H,27,28)/t17-,18-,19+,20+,21+/m1/s1. The van der Waals surface area contributed by atoms with Gasteiger partial charge in [-0.15, -0.1) is 0 Å². The maximum Gasteiger partial charge on any atom is 0.229 e. The Balaban J connectivity index is 1.66. The van der Waals surface area contributed by atoms with Gasteiger partial charge in [-0.05, 0) is 42.8 Å². The molecule has 2 aromatic carbocycles. The lowest BCUT2D eigenvalue weighted by molar-refractivity contribution is -0.272. The van der Waals surface area contributed by atoms with E-state index in [4.69, 9.17) is 25.8 Å². The molecule has 1 aliphatic rings. The second-order valence-electron chi connectivity index (χ2n) is 7.52. The number of ether oxygens (including phenoxy) is 3. The summed E-state index contributed by atoms with van der Waals surface area (Å²) in [6, 6.07) is 10.4. The Bertz CT molecular complexity index is 939. The van der Waals surface area contributed by atoms with Gasteiger partial charge in [-0.1, -0.05) is 17.7 Å². The van der Waals surface area contributed by atoms with E-state index in [1.807, 2.05) is 0 Å². The van der Waals surface area contributed by atoms with E-state index in [2.05, 4.69) is 0 Å². The lowest BCUT2D eigenvalue weighted by Gasteiger charge is -2.40. The van der Waals surface area contributed by atoms with Gasteiger partial charge in [-0.3, -0.25) is 4.57 Å². The van der Waals surface area contributed by atoms with Gasteiger partial charge in [0.05, 0.1) is 19.4 Å². The summed E-state index contributed by atoms with van der Waals surface area (Å²) in [4.78, 5) is 10.3. The van der Waals surface area contributed by atoms with Crippen molar-refractivity contribution in [3.63, 3.8) is 0 Å². The fourth-order valence-corrected chi connectivity index (χ4v) is 5.33. The molecule has 0 saturated carbocycles. The summed E-state index contributed by atoms with van der Waals surface area (Å²) >= 11 is 5.94. The Morgan fingerprint density at radius 2 is 1.72 bits per heavy atom. The van der Waals surface area contributed by atoms with Crippen LogP contribution in [0.15, 0.2) is 42.5 Å². The molecule has 4 N–H and O–H groups in total. The minimum Gasteiger partial charge on any atom is -0.497 e. The molecule has 0 bridgehead atoms. The topological polar surface area (TPSA) is 126 Å². The second kappa shape index (κ2) is 10.5. The summed E-state index contributed by atoms with van der Waals surface area (Å²) in [5.74, 6) is 0.218.